The molecule has 0 spiro atoms. The number of aliphatic hydroxyl groups is 1. The molecule has 0 saturated heterocycles. The lowest BCUT2D eigenvalue weighted by Gasteiger charge is -2.17. The van der Waals surface area contributed by atoms with Crippen molar-refractivity contribution in [2.24, 2.45) is 0 Å². The second-order valence-electron chi connectivity index (χ2n) is 6.70. The second-order valence-corrected chi connectivity index (χ2v) is 8.25. The average Bonchev–Trinajstić information content (AvgIpc) is 2.78. The minimum absolute atomic E-state index is 0.0676. The Labute approximate surface area is 188 Å². The first-order chi connectivity index (χ1) is 15.4. The van der Waals surface area contributed by atoms with E-state index < -0.39 is 16.7 Å². The molecule has 0 bridgehead atoms. The molecule has 0 radical (unpaired) electrons. The van der Waals surface area contributed by atoms with Crippen molar-refractivity contribution in [3.05, 3.63) is 95.4 Å². The van der Waals surface area contributed by atoms with Gasteiger partial charge in [-0.1, -0.05) is 55.6 Å². The number of carbonyl (C=O) groups excluding carboxylic acids is 1. The number of hydrogen-bond acceptors (Lipinski definition) is 6. The topological polar surface area (TPSA) is 102 Å². The first kappa shape index (κ1) is 24.9. The van der Waals surface area contributed by atoms with Crippen LogP contribution in [0.4, 0.5) is 0 Å². The third kappa shape index (κ3) is 6.57. The Kier molecular flexibility index (Phi) is 9.24. The minimum Gasteiger partial charge on any atom is -0.493 e. The maximum absolute atomic E-state index is 12.6. The second kappa shape index (κ2) is 11.9. The largest absolute Gasteiger partial charge is 0.493 e. The van der Waals surface area contributed by atoms with Gasteiger partial charge in [-0.05, 0) is 35.8 Å². The number of ether oxygens (including phenoxy) is 1. The molecule has 2 N–H and O–H groups in total. The number of aliphatic hydroxyl groups excluding tert-OH is 1. The Bertz CT molecular complexity index is 1090. The molecule has 0 heterocycles. The van der Waals surface area contributed by atoms with E-state index in [1.807, 2.05) is 30.3 Å². The van der Waals surface area contributed by atoms with Crippen molar-refractivity contribution in [3.8, 4) is 11.5 Å². The van der Waals surface area contributed by atoms with Gasteiger partial charge in [0.25, 0.3) is 0 Å². The van der Waals surface area contributed by atoms with Gasteiger partial charge in [0.15, 0.2) is 11.5 Å². The van der Waals surface area contributed by atoms with Crippen molar-refractivity contribution < 1.29 is 27.2 Å². The lowest BCUT2D eigenvalue weighted by molar-refractivity contribution is -0.120. The molecule has 0 aliphatic rings. The first-order valence-corrected chi connectivity index (χ1v) is 11.3. The number of methoxy groups -OCH3 is 1. The van der Waals surface area contributed by atoms with Gasteiger partial charge in [0.05, 0.1) is 20.1 Å². The quantitative estimate of drug-likeness (QED) is 0.375. The Morgan fingerprint density at radius 3 is 2.47 bits per heavy atom. The summed E-state index contributed by atoms with van der Waals surface area (Å²) >= 11 is 0. The van der Waals surface area contributed by atoms with Gasteiger partial charge >= 0.3 is 10.1 Å². The van der Waals surface area contributed by atoms with Crippen LogP contribution >= 0.6 is 0 Å². The molecule has 0 aromatic heterocycles. The summed E-state index contributed by atoms with van der Waals surface area (Å²) in [6.07, 6.45) is 4.25. The SMILES string of the molecule is C=CC=C(C=C)S(=O)(=O)Oc1c(OC)ccc(CC(=O)NCCc2ccccc2)c1CO. The minimum atomic E-state index is -4.26. The summed E-state index contributed by atoms with van der Waals surface area (Å²) in [5.74, 6) is -0.345. The standard InChI is InChI=1S/C24H27NO6S/c1-4-9-20(5-2)32(28,29)31-24-21(17-26)19(12-13-22(24)30-3)16-23(27)25-15-14-18-10-7-6-8-11-18/h4-13,26H,1-2,14-17H2,3H3,(H,25,27). The third-order valence-corrected chi connectivity index (χ3v) is 5.86. The predicted octanol–water partition coefficient (Wildman–Crippen LogP) is 3.05. The lowest BCUT2D eigenvalue weighted by atomic mass is 10.0. The van der Waals surface area contributed by atoms with Gasteiger partial charge in [-0.2, -0.15) is 8.42 Å². The summed E-state index contributed by atoms with van der Waals surface area (Å²) in [5.41, 5.74) is 1.66. The van der Waals surface area contributed by atoms with Crippen LogP contribution in [0, 0.1) is 0 Å². The molecular formula is C24H27NO6S. The van der Waals surface area contributed by atoms with Crippen LogP contribution in [-0.4, -0.2) is 33.1 Å². The van der Waals surface area contributed by atoms with Gasteiger partial charge in [0, 0.05) is 12.1 Å². The maximum atomic E-state index is 12.6. The molecule has 2 rings (SSSR count). The van der Waals surface area contributed by atoms with Crippen LogP contribution in [-0.2, 0) is 34.4 Å². The maximum Gasteiger partial charge on any atom is 0.339 e. The molecule has 0 unspecified atom stereocenters. The Morgan fingerprint density at radius 1 is 1.16 bits per heavy atom. The Hall–Kier alpha value is -3.36. The van der Waals surface area contributed by atoms with Crippen LogP contribution in [0.1, 0.15) is 16.7 Å². The van der Waals surface area contributed by atoms with E-state index in [2.05, 4.69) is 18.5 Å². The first-order valence-electron chi connectivity index (χ1n) is 9.86. The zero-order chi connectivity index (χ0) is 23.6. The Morgan fingerprint density at radius 2 is 1.88 bits per heavy atom. The zero-order valence-electron chi connectivity index (χ0n) is 17.9. The van der Waals surface area contributed by atoms with E-state index in [1.165, 1.54) is 25.3 Å². The smallest absolute Gasteiger partial charge is 0.339 e. The average molecular weight is 458 g/mol. The molecule has 170 valence electrons. The van der Waals surface area contributed by atoms with E-state index >= 15 is 0 Å². The number of allylic oxidation sites excluding steroid dienone is 3. The Balaban J connectivity index is 2.23. The molecule has 1 amide bonds. The molecular weight excluding hydrogens is 430 g/mol. The van der Waals surface area contributed by atoms with Crippen molar-refractivity contribution in [3.63, 3.8) is 0 Å². The number of amides is 1. The van der Waals surface area contributed by atoms with E-state index in [0.29, 0.717) is 18.5 Å². The fourth-order valence-electron chi connectivity index (χ4n) is 2.99. The molecule has 2 aromatic carbocycles. The highest BCUT2D eigenvalue weighted by atomic mass is 32.2. The van der Waals surface area contributed by atoms with Gasteiger partial charge in [-0.15, -0.1) is 0 Å². The third-order valence-electron chi connectivity index (χ3n) is 4.59. The van der Waals surface area contributed by atoms with Crippen LogP contribution in [0.2, 0.25) is 0 Å². The van der Waals surface area contributed by atoms with Gasteiger partial charge in [0.1, 0.15) is 4.91 Å². The summed E-state index contributed by atoms with van der Waals surface area (Å²) in [6, 6.07) is 12.8. The van der Waals surface area contributed by atoms with Crippen molar-refractivity contribution >= 4 is 16.0 Å². The summed E-state index contributed by atoms with van der Waals surface area (Å²) in [6.45, 7) is 6.84. The molecule has 32 heavy (non-hydrogen) atoms. The number of hydrogen-bond donors (Lipinski definition) is 2. The van der Waals surface area contributed by atoms with Crippen LogP contribution in [0.25, 0.3) is 0 Å². The molecule has 0 aliphatic carbocycles. The van der Waals surface area contributed by atoms with Crippen LogP contribution in [0.15, 0.2) is 78.8 Å². The lowest BCUT2D eigenvalue weighted by Crippen LogP contribution is -2.27. The molecule has 8 heteroatoms. The molecule has 0 saturated carbocycles. The van der Waals surface area contributed by atoms with Crippen molar-refractivity contribution in [2.45, 2.75) is 19.4 Å². The predicted molar refractivity (Wildman–Crippen MR) is 124 cm³/mol. The summed E-state index contributed by atoms with van der Waals surface area (Å²) in [4.78, 5) is 12.2. The van der Waals surface area contributed by atoms with Crippen LogP contribution < -0.4 is 14.2 Å². The highest BCUT2D eigenvalue weighted by Gasteiger charge is 2.24. The normalized spacial score (nSPS) is 11.5. The zero-order valence-corrected chi connectivity index (χ0v) is 18.7. The van der Waals surface area contributed by atoms with Gasteiger partial charge in [-0.25, -0.2) is 0 Å². The van der Waals surface area contributed by atoms with Crippen molar-refractivity contribution in [1.29, 1.82) is 0 Å². The summed E-state index contributed by atoms with van der Waals surface area (Å²) < 4.78 is 35.8. The van der Waals surface area contributed by atoms with Crippen molar-refractivity contribution in [1.82, 2.24) is 5.32 Å². The van der Waals surface area contributed by atoms with Gasteiger partial charge in [-0.3, -0.25) is 4.79 Å². The molecule has 2 aromatic rings. The van der Waals surface area contributed by atoms with E-state index in [0.717, 1.165) is 11.6 Å². The number of carbonyl (C=O) groups is 1. The molecule has 0 fully saturated rings. The monoisotopic (exact) mass is 457 g/mol. The van der Waals surface area contributed by atoms with Gasteiger partial charge < -0.3 is 19.3 Å². The molecule has 0 aliphatic heterocycles. The summed E-state index contributed by atoms with van der Waals surface area (Å²) in [5, 5.41) is 12.8. The fourth-order valence-corrected chi connectivity index (χ4v) is 3.96. The van der Waals surface area contributed by atoms with E-state index in [9.17, 15) is 18.3 Å². The molecule has 0 atom stereocenters. The summed E-state index contributed by atoms with van der Waals surface area (Å²) in [7, 11) is -2.92. The van der Waals surface area contributed by atoms with Crippen LogP contribution in [0.5, 0.6) is 11.5 Å². The van der Waals surface area contributed by atoms with Crippen molar-refractivity contribution in [2.75, 3.05) is 13.7 Å². The van der Waals surface area contributed by atoms with E-state index in [4.69, 9.17) is 8.92 Å². The van der Waals surface area contributed by atoms with Crippen LogP contribution in [0.3, 0.4) is 0 Å². The van der Waals surface area contributed by atoms with E-state index in [-0.39, 0.29) is 34.3 Å². The highest BCUT2D eigenvalue weighted by Crippen LogP contribution is 2.36. The molecule has 7 nitrogen and oxygen atoms in total. The number of benzene rings is 2. The number of rotatable bonds is 12. The fraction of sp³-hybridized carbons (Fsp3) is 0.208. The van der Waals surface area contributed by atoms with Gasteiger partial charge in [0.2, 0.25) is 5.91 Å². The number of nitrogens with one attached hydrogen (secondary N) is 1. The highest BCUT2D eigenvalue weighted by molar-refractivity contribution is 7.91. The van der Waals surface area contributed by atoms with E-state index in [1.54, 1.807) is 6.07 Å².